The molecule has 0 amide bonds. The van der Waals surface area contributed by atoms with Crippen LogP contribution >= 0.6 is 23.2 Å². The third-order valence-electron chi connectivity index (χ3n) is 2.46. The molecule has 1 heterocycles. The van der Waals surface area contributed by atoms with Crippen LogP contribution < -0.4 is 11.1 Å². The maximum atomic E-state index is 9.04. The summed E-state index contributed by atoms with van der Waals surface area (Å²) in [6.45, 7) is 1.72. The van der Waals surface area contributed by atoms with Crippen LogP contribution in [-0.2, 0) is 0 Å². The molecule has 3 N–H and O–H groups in total. The van der Waals surface area contributed by atoms with Crippen molar-refractivity contribution in [3.63, 3.8) is 0 Å². The highest BCUT2D eigenvalue weighted by Gasteiger charge is 2.10. The first-order chi connectivity index (χ1) is 9.01. The summed E-state index contributed by atoms with van der Waals surface area (Å²) in [4.78, 5) is 7.93. The predicted octanol–water partition coefficient (Wildman–Crippen LogP) is 3.29. The minimum atomic E-state index is 0.0785. The van der Waals surface area contributed by atoms with Gasteiger partial charge in [0.2, 0.25) is 5.28 Å². The number of rotatable bonds is 2. The molecular weight excluding hydrogens is 285 g/mol. The fourth-order valence-electron chi connectivity index (χ4n) is 1.49. The number of nitrogens with one attached hydrogen (secondary N) is 1. The van der Waals surface area contributed by atoms with Gasteiger partial charge in [0.1, 0.15) is 6.07 Å². The molecule has 0 aliphatic heterocycles. The molecule has 0 saturated carbocycles. The summed E-state index contributed by atoms with van der Waals surface area (Å²) in [7, 11) is 0. The number of aryl methyl sites for hydroxylation is 1. The monoisotopic (exact) mass is 293 g/mol. The number of nitrogens with zero attached hydrogens (tertiary/aromatic N) is 3. The van der Waals surface area contributed by atoms with Crippen molar-refractivity contribution in [2.75, 3.05) is 11.1 Å². The summed E-state index contributed by atoms with van der Waals surface area (Å²) in [6, 6.07) is 6.91. The number of nitrogen functional groups attached to an aromatic ring is 1. The molecule has 0 bridgehead atoms. The van der Waals surface area contributed by atoms with Crippen LogP contribution in [0, 0.1) is 18.3 Å². The smallest absolute Gasteiger partial charge is 0.224 e. The number of aromatic nitrogens is 2. The van der Waals surface area contributed by atoms with E-state index < -0.39 is 0 Å². The first-order valence-corrected chi connectivity index (χ1v) is 6.03. The van der Waals surface area contributed by atoms with E-state index in [1.165, 1.54) is 0 Å². The van der Waals surface area contributed by atoms with Gasteiger partial charge in [-0.3, -0.25) is 0 Å². The number of halogens is 2. The Morgan fingerprint density at radius 3 is 2.74 bits per heavy atom. The van der Waals surface area contributed by atoms with Crippen molar-refractivity contribution in [2.45, 2.75) is 6.92 Å². The Bertz CT molecular complexity index is 679. The summed E-state index contributed by atoms with van der Waals surface area (Å²) in [5.74, 6) is 0.344. The normalized spacial score (nSPS) is 10.0. The quantitative estimate of drug-likeness (QED) is 0.830. The highest BCUT2D eigenvalue weighted by atomic mass is 35.5. The Balaban J connectivity index is 2.47. The maximum Gasteiger partial charge on any atom is 0.224 e. The van der Waals surface area contributed by atoms with E-state index in [0.717, 1.165) is 0 Å². The number of hydrogen-bond acceptors (Lipinski definition) is 5. The van der Waals surface area contributed by atoms with Crippen LogP contribution in [0.1, 0.15) is 11.3 Å². The zero-order valence-corrected chi connectivity index (χ0v) is 11.4. The van der Waals surface area contributed by atoms with E-state index in [9.17, 15) is 0 Å². The zero-order valence-electron chi connectivity index (χ0n) is 9.91. The average Bonchev–Trinajstić information content (AvgIpc) is 2.35. The lowest BCUT2D eigenvalue weighted by Gasteiger charge is -2.11. The van der Waals surface area contributed by atoms with Gasteiger partial charge in [-0.05, 0) is 36.7 Å². The largest absolute Gasteiger partial charge is 0.394 e. The van der Waals surface area contributed by atoms with E-state index in [-0.39, 0.29) is 5.28 Å². The van der Waals surface area contributed by atoms with Gasteiger partial charge in [0.25, 0.3) is 0 Å². The Kier molecular flexibility index (Phi) is 3.74. The lowest BCUT2D eigenvalue weighted by Crippen LogP contribution is -2.04. The minimum Gasteiger partial charge on any atom is -0.394 e. The van der Waals surface area contributed by atoms with E-state index in [4.69, 9.17) is 34.2 Å². The average molecular weight is 294 g/mol. The lowest BCUT2D eigenvalue weighted by atomic mass is 10.2. The van der Waals surface area contributed by atoms with Crippen LogP contribution in [0.3, 0.4) is 0 Å². The second-order valence-electron chi connectivity index (χ2n) is 3.77. The van der Waals surface area contributed by atoms with Crippen LogP contribution in [0.5, 0.6) is 0 Å². The number of benzene rings is 1. The molecule has 0 radical (unpaired) electrons. The van der Waals surface area contributed by atoms with E-state index in [1.807, 2.05) is 0 Å². The van der Waals surface area contributed by atoms with Crippen molar-refractivity contribution in [1.82, 2.24) is 9.97 Å². The molecule has 1 aromatic heterocycles. The maximum absolute atomic E-state index is 9.04. The lowest BCUT2D eigenvalue weighted by molar-refractivity contribution is 1.11. The summed E-state index contributed by atoms with van der Waals surface area (Å²) in [5, 5.41) is 12.6. The highest BCUT2D eigenvalue weighted by molar-refractivity contribution is 6.31. The van der Waals surface area contributed by atoms with Gasteiger partial charge in [0.05, 0.1) is 22.6 Å². The molecule has 7 heteroatoms. The number of nitrogens with two attached hydrogens (primary N) is 1. The number of anilines is 3. The first kappa shape index (κ1) is 13.4. The van der Waals surface area contributed by atoms with Gasteiger partial charge < -0.3 is 11.1 Å². The first-order valence-electron chi connectivity index (χ1n) is 5.27. The topological polar surface area (TPSA) is 87.6 Å². The van der Waals surface area contributed by atoms with Gasteiger partial charge in [0.15, 0.2) is 5.82 Å². The SMILES string of the molecule is Cc1nc(Cl)nc(Nc2cc(Cl)ccc2C#N)c1N. The van der Waals surface area contributed by atoms with Gasteiger partial charge in [-0.15, -0.1) is 0 Å². The molecule has 96 valence electrons. The molecule has 1 aromatic carbocycles. The molecule has 0 atom stereocenters. The fraction of sp³-hybridized carbons (Fsp3) is 0.0833. The van der Waals surface area contributed by atoms with Gasteiger partial charge in [0, 0.05) is 5.02 Å². The molecule has 0 fully saturated rings. The van der Waals surface area contributed by atoms with Crippen LogP contribution in [0.2, 0.25) is 10.3 Å². The third kappa shape index (κ3) is 2.87. The Morgan fingerprint density at radius 1 is 1.32 bits per heavy atom. The molecule has 0 spiro atoms. The molecule has 0 unspecified atom stereocenters. The number of nitriles is 1. The minimum absolute atomic E-state index is 0.0785. The van der Waals surface area contributed by atoms with Crippen molar-refractivity contribution in [2.24, 2.45) is 0 Å². The van der Waals surface area contributed by atoms with Crippen molar-refractivity contribution >= 4 is 40.4 Å². The zero-order chi connectivity index (χ0) is 14.0. The third-order valence-corrected chi connectivity index (χ3v) is 2.87. The molecule has 0 aliphatic carbocycles. The predicted molar refractivity (Wildman–Crippen MR) is 75.6 cm³/mol. The van der Waals surface area contributed by atoms with Gasteiger partial charge >= 0.3 is 0 Å². The standard InChI is InChI=1S/C12H9Cl2N5/c1-6-10(16)11(19-12(14)17-6)18-9-4-8(13)3-2-7(9)5-15/h2-4H,16H2,1H3,(H,17,18,19). The van der Waals surface area contributed by atoms with Crippen LogP contribution in [0.25, 0.3) is 0 Å². The summed E-state index contributed by atoms with van der Waals surface area (Å²) >= 11 is 11.7. The second kappa shape index (κ2) is 5.31. The summed E-state index contributed by atoms with van der Waals surface area (Å²) < 4.78 is 0. The second-order valence-corrected chi connectivity index (χ2v) is 4.54. The Hall–Kier alpha value is -2.03. The Morgan fingerprint density at radius 2 is 2.05 bits per heavy atom. The van der Waals surface area contributed by atoms with Crippen molar-refractivity contribution < 1.29 is 0 Å². The summed E-state index contributed by atoms with van der Waals surface area (Å²) in [6.07, 6.45) is 0. The van der Waals surface area contributed by atoms with Crippen LogP contribution in [0.15, 0.2) is 18.2 Å². The van der Waals surface area contributed by atoms with Crippen LogP contribution in [0.4, 0.5) is 17.2 Å². The van der Waals surface area contributed by atoms with E-state index in [1.54, 1.807) is 25.1 Å². The van der Waals surface area contributed by atoms with E-state index in [2.05, 4.69) is 21.4 Å². The van der Waals surface area contributed by atoms with Crippen LogP contribution in [-0.4, -0.2) is 9.97 Å². The molecule has 19 heavy (non-hydrogen) atoms. The van der Waals surface area contributed by atoms with Gasteiger partial charge in [-0.1, -0.05) is 11.6 Å². The number of hydrogen-bond donors (Lipinski definition) is 2. The molecule has 0 saturated heterocycles. The molecule has 0 aliphatic rings. The molecule has 5 nitrogen and oxygen atoms in total. The van der Waals surface area contributed by atoms with E-state index >= 15 is 0 Å². The van der Waals surface area contributed by atoms with Gasteiger partial charge in [-0.25, -0.2) is 4.98 Å². The molecular formula is C12H9Cl2N5. The van der Waals surface area contributed by atoms with E-state index in [0.29, 0.717) is 33.5 Å². The Labute approximate surface area is 120 Å². The van der Waals surface area contributed by atoms with Crippen molar-refractivity contribution in [1.29, 1.82) is 5.26 Å². The molecule has 2 rings (SSSR count). The van der Waals surface area contributed by atoms with Crippen molar-refractivity contribution in [3.8, 4) is 6.07 Å². The van der Waals surface area contributed by atoms with Crippen molar-refractivity contribution in [3.05, 3.63) is 39.8 Å². The van der Waals surface area contributed by atoms with Gasteiger partial charge in [-0.2, -0.15) is 10.2 Å². The highest BCUT2D eigenvalue weighted by Crippen LogP contribution is 2.28. The molecule has 2 aromatic rings. The fourth-order valence-corrected chi connectivity index (χ4v) is 1.87. The summed E-state index contributed by atoms with van der Waals surface area (Å²) in [5.41, 5.74) is 7.73.